The molecule has 0 aromatic heterocycles. The first kappa shape index (κ1) is 38.1. The topological polar surface area (TPSA) is 122 Å². The minimum absolute atomic E-state index is 0.0105. The molecule has 3 aliphatic rings. The lowest BCUT2D eigenvalue weighted by molar-refractivity contribution is -0.158. The Morgan fingerprint density at radius 1 is 0.875 bits per heavy atom. The number of allylic oxidation sites excluding steroid dienone is 9. The van der Waals surface area contributed by atoms with Gasteiger partial charge in [-0.15, -0.1) is 0 Å². The number of amides is 2. The van der Waals surface area contributed by atoms with Gasteiger partial charge in [-0.3, -0.25) is 9.59 Å². The number of carbonyl (C=O) groups is 3. The number of hydrogen-bond donors (Lipinski definition) is 0. The highest BCUT2D eigenvalue weighted by Crippen LogP contribution is 2.34. The van der Waals surface area contributed by atoms with Crippen LogP contribution in [-0.2, 0) is 47.5 Å². The van der Waals surface area contributed by atoms with E-state index in [9.17, 15) is 14.4 Å². The van der Waals surface area contributed by atoms with E-state index in [0.717, 1.165) is 11.1 Å². The Bertz CT molecular complexity index is 1420. The number of ether oxygens (including phenoxy) is 7. The van der Waals surface area contributed by atoms with Crippen molar-refractivity contribution < 1.29 is 47.5 Å². The van der Waals surface area contributed by atoms with Crippen molar-refractivity contribution in [3.05, 3.63) is 95.3 Å². The van der Waals surface area contributed by atoms with Crippen molar-refractivity contribution in [2.24, 2.45) is 0 Å². The van der Waals surface area contributed by atoms with E-state index in [4.69, 9.17) is 33.2 Å². The molecule has 0 radical (unpaired) electrons. The molecule has 12 nitrogen and oxygen atoms in total. The van der Waals surface area contributed by atoms with Gasteiger partial charge in [-0.25, -0.2) is 4.79 Å². The lowest BCUT2D eigenvalue weighted by Gasteiger charge is -2.39. The van der Waals surface area contributed by atoms with Crippen LogP contribution >= 0.6 is 0 Å². The summed E-state index contributed by atoms with van der Waals surface area (Å²) in [6, 6.07) is -0.941. The molecular weight excluding hydrogens is 620 g/mol. The van der Waals surface area contributed by atoms with Gasteiger partial charge in [-0.05, 0) is 43.2 Å². The predicted octanol–water partition coefficient (Wildman–Crippen LogP) is 3.55. The highest BCUT2D eigenvalue weighted by atomic mass is 16.6. The molecule has 0 saturated carbocycles. The molecule has 0 spiro atoms. The summed E-state index contributed by atoms with van der Waals surface area (Å²) < 4.78 is 38.4. The first-order valence-electron chi connectivity index (χ1n) is 15.7. The fourth-order valence-corrected chi connectivity index (χ4v) is 5.66. The molecule has 2 amide bonds. The van der Waals surface area contributed by atoms with Gasteiger partial charge in [0, 0.05) is 53.0 Å². The van der Waals surface area contributed by atoms with Crippen molar-refractivity contribution in [2.45, 2.75) is 44.1 Å². The third-order valence-corrected chi connectivity index (χ3v) is 8.40. The molecule has 4 atom stereocenters. The average Bonchev–Trinajstić information content (AvgIpc) is 3.11. The SMILES string of the molecule is CCOC(=O)C1CN(C(=O)/C=C/C=C/C2=CC(OC)C(C)(OC)C(OC)=C2)CCN1C(=O)/C=C/C=C/C1=CC(OC)=C(OC)C(OC)C1. The van der Waals surface area contributed by atoms with Crippen molar-refractivity contribution in [1.82, 2.24) is 9.80 Å². The van der Waals surface area contributed by atoms with Crippen molar-refractivity contribution in [1.29, 1.82) is 0 Å². The summed E-state index contributed by atoms with van der Waals surface area (Å²) in [6.07, 6.45) is 18.7. The van der Waals surface area contributed by atoms with E-state index in [2.05, 4.69) is 0 Å². The summed E-state index contributed by atoms with van der Waals surface area (Å²) in [5.74, 6) is 0.581. The molecule has 1 fully saturated rings. The predicted molar refractivity (Wildman–Crippen MR) is 179 cm³/mol. The van der Waals surface area contributed by atoms with Gasteiger partial charge in [-0.2, -0.15) is 0 Å². The molecule has 4 unspecified atom stereocenters. The Kier molecular flexibility index (Phi) is 14.5. The van der Waals surface area contributed by atoms with Gasteiger partial charge in [-0.1, -0.05) is 36.5 Å². The van der Waals surface area contributed by atoms with Gasteiger partial charge in [0.25, 0.3) is 0 Å². The number of hydrogen-bond acceptors (Lipinski definition) is 10. The largest absolute Gasteiger partial charge is 0.498 e. The number of nitrogens with zero attached hydrogens (tertiary/aromatic N) is 2. The minimum atomic E-state index is -0.941. The smallest absolute Gasteiger partial charge is 0.330 e. The van der Waals surface area contributed by atoms with Crippen LogP contribution in [-0.4, -0.2) is 120 Å². The zero-order valence-corrected chi connectivity index (χ0v) is 29.1. The van der Waals surface area contributed by atoms with E-state index in [1.807, 2.05) is 37.3 Å². The zero-order valence-electron chi connectivity index (χ0n) is 29.1. The lowest BCUT2D eigenvalue weighted by atomic mass is 9.88. The van der Waals surface area contributed by atoms with Gasteiger partial charge in [0.1, 0.15) is 24.0 Å². The average molecular weight is 669 g/mol. The number of carbonyl (C=O) groups excluding carboxylic acids is 3. The van der Waals surface area contributed by atoms with E-state index < -0.39 is 17.6 Å². The van der Waals surface area contributed by atoms with Crippen molar-refractivity contribution >= 4 is 17.8 Å². The summed E-state index contributed by atoms with van der Waals surface area (Å²) in [5.41, 5.74) is 0.992. The maximum Gasteiger partial charge on any atom is 0.330 e. The number of rotatable bonds is 14. The van der Waals surface area contributed by atoms with Crippen molar-refractivity contribution in [3.63, 3.8) is 0 Å². The van der Waals surface area contributed by atoms with Crippen LogP contribution < -0.4 is 0 Å². The van der Waals surface area contributed by atoms with Crippen LogP contribution in [0.5, 0.6) is 0 Å². The molecular formula is C36H48N2O10. The van der Waals surface area contributed by atoms with E-state index in [0.29, 0.717) is 23.7 Å². The molecule has 48 heavy (non-hydrogen) atoms. The Balaban J connectivity index is 1.65. The summed E-state index contributed by atoms with van der Waals surface area (Å²) in [6.45, 7) is 4.17. The van der Waals surface area contributed by atoms with Crippen LogP contribution in [0.2, 0.25) is 0 Å². The second kappa shape index (κ2) is 18.2. The molecule has 0 aromatic rings. The fourth-order valence-electron chi connectivity index (χ4n) is 5.66. The maximum absolute atomic E-state index is 13.2. The van der Waals surface area contributed by atoms with Gasteiger partial charge in [0.15, 0.2) is 17.1 Å². The summed E-state index contributed by atoms with van der Waals surface area (Å²) in [7, 11) is 9.50. The summed E-state index contributed by atoms with van der Waals surface area (Å²) >= 11 is 0. The number of methoxy groups -OCH3 is 6. The Hall–Kier alpha value is -4.39. The van der Waals surface area contributed by atoms with Crippen LogP contribution in [0.25, 0.3) is 0 Å². The van der Waals surface area contributed by atoms with Crippen molar-refractivity contribution in [2.75, 3.05) is 68.9 Å². The van der Waals surface area contributed by atoms with Crippen molar-refractivity contribution in [3.8, 4) is 0 Å². The highest BCUT2D eigenvalue weighted by molar-refractivity contribution is 5.93. The van der Waals surface area contributed by atoms with Gasteiger partial charge >= 0.3 is 5.97 Å². The van der Waals surface area contributed by atoms with Crippen LogP contribution in [0.1, 0.15) is 20.3 Å². The molecule has 0 N–H and O–H groups in total. The molecule has 1 saturated heterocycles. The molecule has 3 rings (SSSR count). The monoisotopic (exact) mass is 668 g/mol. The molecule has 0 bridgehead atoms. The van der Waals surface area contributed by atoms with Crippen LogP contribution in [0, 0.1) is 0 Å². The van der Waals surface area contributed by atoms with Crippen LogP contribution in [0.15, 0.2) is 95.3 Å². The van der Waals surface area contributed by atoms with Gasteiger partial charge in [0.05, 0.1) is 34.5 Å². The Labute approximate surface area is 283 Å². The highest BCUT2D eigenvalue weighted by Gasteiger charge is 2.41. The van der Waals surface area contributed by atoms with Gasteiger partial charge < -0.3 is 43.0 Å². The maximum atomic E-state index is 13.2. The first-order chi connectivity index (χ1) is 23.1. The molecule has 12 heteroatoms. The van der Waals surface area contributed by atoms with E-state index in [1.165, 1.54) is 22.0 Å². The number of piperazine rings is 1. The molecule has 262 valence electrons. The third kappa shape index (κ3) is 9.15. The second-order valence-electron chi connectivity index (χ2n) is 11.2. The van der Waals surface area contributed by atoms with E-state index in [1.54, 1.807) is 73.9 Å². The Morgan fingerprint density at radius 3 is 2.19 bits per heavy atom. The first-order valence-corrected chi connectivity index (χ1v) is 15.7. The third-order valence-electron chi connectivity index (χ3n) is 8.40. The van der Waals surface area contributed by atoms with Crippen LogP contribution in [0.4, 0.5) is 0 Å². The minimum Gasteiger partial charge on any atom is -0.498 e. The fraction of sp³-hybridized carbons (Fsp3) is 0.472. The molecule has 1 heterocycles. The zero-order chi connectivity index (χ0) is 35.3. The molecule has 0 aromatic carbocycles. The summed E-state index contributed by atoms with van der Waals surface area (Å²) in [5, 5.41) is 0. The second-order valence-corrected chi connectivity index (χ2v) is 11.2. The van der Waals surface area contributed by atoms with Gasteiger partial charge in [0.2, 0.25) is 11.8 Å². The quantitative estimate of drug-likeness (QED) is 0.154. The van der Waals surface area contributed by atoms with Crippen LogP contribution in [0.3, 0.4) is 0 Å². The summed E-state index contributed by atoms with van der Waals surface area (Å²) in [4.78, 5) is 42.1. The molecule has 1 aliphatic heterocycles. The van der Waals surface area contributed by atoms with E-state index in [-0.39, 0.29) is 50.3 Å². The molecule has 2 aliphatic carbocycles. The normalized spacial score (nSPS) is 25.1. The Morgan fingerprint density at radius 2 is 1.58 bits per heavy atom. The number of esters is 1. The van der Waals surface area contributed by atoms with E-state index >= 15 is 0 Å². The standard InChI is InChI=1S/C36H48N2O10/c1-9-48-35(41)27-24-37(32(39)16-12-10-15-26-22-30(44-5)36(2,47-8)31(23-26)45-6)18-19-38(27)33(40)17-13-11-14-25-20-28(42-3)34(46-7)29(21-25)43-4/h10-17,20,22-23,27,29-30H,9,18-19,21,24H2,1-8H3/b14-11+,15-10+,16-12+,17-13+. The lowest BCUT2D eigenvalue weighted by Crippen LogP contribution is -2.59.